The number of aliphatic carboxylic acids is 2. The zero-order chi connectivity index (χ0) is 20.5. The first-order valence-electron chi connectivity index (χ1n) is 6.78. The van der Waals surface area contributed by atoms with Crippen molar-refractivity contribution in [3.8, 4) is 0 Å². The number of carboxylic acid groups (broad SMARTS) is 2. The van der Waals surface area contributed by atoms with Gasteiger partial charge in [-0.25, -0.2) is 25.4 Å². The molecule has 0 unspecified atom stereocenters. The standard InChI is InChI=1S/C8H12N6O2S3.C4H4O4/c9-12-6-11-8-14-7(4-18-8)3-17-2-1-10-5-13-19(15)16;5-3(6)1-2-4(7)8/h4-6H,1-3,9H2,(H,11,12,14);1-2H,(H,5,6)(H,7,8). The van der Waals surface area contributed by atoms with E-state index in [9.17, 15) is 18.0 Å². The summed E-state index contributed by atoms with van der Waals surface area (Å²) in [4.78, 5) is 31.2. The Morgan fingerprint density at radius 2 is 2.00 bits per heavy atom. The van der Waals surface area contributed by atoms with Crippen LogP contribution in [-0.4, -0.2) is 60.5 Å². The third-order valence-corrected chi connectivity index (χ3v) is 4.02. The summed E-state index contributed by atoms with van der Waals surface area (Å²) in [5.41, 5.74) is 3.24. The molecule has 0 aliphatic carbocycles. The van der Waals surface area contributed by atoms with E-state index >= 15 is 0 Å². The number of rotatable bonds is 10. The van der Waals surface area contributed by atoms with Crippen molar-refractivity contribution in [1.82, 2.24) is 10.4 Å². The molecule has 0 bridgehead atoms. The first-order chi connectivity index (χ1) is 12.8. The van der Waals surface area contributed by atoms with Gasteiger partial charge in [0.15, 0.2) is 0 Å². The van der Waals surface area contributed by atoms with Gasteiger partial charge in [-0.3, -0.25) is 4.99 Å². The van der Waals surface area contributed by atoms with Crippen molar-refractivity contribution in [3.05, 3.63) is 23.2 Å². The van der Waals surface area contributed by atoms with Crippen LogP contribution < -0.4 is 11.3 Å². The second-order valence-electron chi connectivity index (χ2n) is 3.95. The number of hydrogen-bond donors (Lipinski definition) is 4. The van der Waals surface area contributed by atoms with Gasteiger partial charge in [-0.2, -0.15) is 20.2 Å². The van der Waals surface area contributed by atoms with E-state index in [1.807, 2.05) is 5.38 Å². The molecule has 148 valence electrons. The first kappa shape index (κ1) is 24.4. The van der Waals surface area contributed by atoms with Gasteiger partial charge in [0.1, 0.15) is 12.7 Å². The molecule has 1 heterocycles. The summed E-state index contributed by atoms with van der Waals surface area (Å²) >= 11 is 3.08. The molecule has 0 aromatic carbocycles. The maximum absolute atomic E-state index is 10.1. The fraction of sp³-hybridized carbons (Fsp3) is 0.250. The number of carboxylic acids is 2. The van der Waals surface area contributed by atoms with Crippen LogP contribution in [0.2, 0.25) is 0 Å². The topological polar surface area (TPSA) is 197 Å². The van der Waals surface area contributed by atoms with Gasteiger partial charge in [0, 0.05) is 35.6 Å². The molecule has 1 aromatic rings. The van der Waals surface area contributed by atoms with Gasteiger partial charge < -0.3 is 15.6 Å². The second kappa shape index (κ2) is 15.6. The van der Waals surface area contributed by atoms with Gasteiger partial charge in [-0.05, 0) is 0 Å². The van der Waals surface area contributed by atoms with Crippen LogP contribution in [0.5, 0.6) is 0 Å². The number of hydrogen-bond acceptors (Lipinski definition) is 10. The van der Waals surface area contributed by atoms with Crippen LogP contribution in [-0.2, 0) is 25.8 Å². The van der Waals surface area contributed by atoms with E-state index < -0.39 is 22.4 Å². The Bertz CT molecular complexity index is 793. The number of thioether (sulfide) groups is 1. The summed E-state index contributed by atoms with van der Waals surface area (Å²) in [6.07, 6.45) is 3.53. The van der Waals surface area contributed by atoms with E-state index in [0.717, 1.165) is 23.5 Å². The Balaban J connectivity index is 0.000000713. The molecule has 0 aliphatic rings. The molecule has 0 saturated heterocycles. The molecule has 1 rings (SSSR count). The van der Waals surface area contributed by atoms with E-state index in [1.54, 1.807) is 11.8 Å². The van der Waals surface area contributed by atoms with Gasteiger partial charge in [0.05, 0.1) is 5.69 Å². The lowest BCUT2D eigenvalue weighted by Crippen LogP contribution is -2.18. The lowest BCUT2D eigenvalue weighted by atomic mass is 10.5. The van der Waals surface area contributed by atoms with Crippen LogP contribution in [0, 0.1) is 0 Å². The van der Waals surface area contributed by atoms with Crippen molar-refractivity contribution in [2.75, 3.05) is 12.3 Å². The maximum atomic E-state index is 10.1. The van der Waals surface area contributed by atoms with Crippen LogP contribution in [0.4, 0.5) is 5.13 Å². The molecular formula is C12H16N6O6S3. The highest BCUT2D eigenvalue weighted by Crippen LogP contribution is 2.21. The van der Waals surface area contributed by atoms with E-state index in [4.69, 9.17) is 16.1 Å². The minimum Gasteiger partial charge on any atom is -0.478 e. The smallest absolute Gasteiger partial charge is 0.328 e. The summed E-state index contributed by atoms with van der Waals surface area (Å²) < 4.78 is 23.2. The van der Waals surface area contributed by atoms with Crippen molar-refractivity contribution in [1.29, 1.82) is 0 Å². The van der Waals surface area contributed by atoms with Crippen LogP contribution in [0.1, 0.15) is 5.69 Å². The zero-order valence-corrected chi connectivity index (χ0v) is 16.1. The highest BCUT2D eigenvalue weighted by molar-refractivity contribution is 7.98. The number of thiazole rings is 1. The summed E-state index contributed by atoms with van der Waals surface area (Å²) in [5, 5.41) is 18.2. The van der Waals surface area contributed by atoms with Crippen LogP contribution in [0.3, 0.4) is 0 Å². The average Bonchev–Trinajstić information content (AvgIpc) is 3.05. The van der Waals surface area contributed by atoms with Gasteiger partial charge >= 0.3 is 22.4 Å². The maximum Gasteiger partial charge on any atom is 0.328 e. The van der Waals surface area contributed by atoms with Crippen LogP contribution in [0.15, 0.2) is 31.9 Å². The van der Waals surface area contributed by atoms with E-state index in [0.29, 0.717) is 23.8 Å². The summed E-state index contributed by atoms with van der Waals surface area (Å²) in [6, 6.07) is 0. The lowest BCUT2D eigenvalue weighted by molar-refractivity contribution is -0.134. The van der Waals surface area contributed by atoms with E-state index in [1.165, 1.54) is 17.7 Å². The molecule has 0 amide bonds. The quantitative estimate of drug-likeness (QED) is 0.0988. The Hall–Kier alpha value is -2.62. The van der Waals surface area contributed by atoms with E-state index in [2.05, 4.69) is 24.8 Å². The number of hydrazine groups is 1. The number of nitrogens with one attached hydrogen (secondary N) is 1. The van der Waals surface area contributed by atoms with Gasteiger partial charge in [0.2, 0.25) is 5.13 Å². The molecule has 1 aromatic heterocycles. The zero-order valence-electron chi connectivity index (χ0n) is 13.6. The third-order valence-electron chi connectivity index (χ3n) is 1.99. The number of aliphatic imine (C=N–C) groups is 2. The summed E-state index contributed by atoms with van der Waals surface area (Å²) in [7, 11) is -2.42. The molecule has 27 heavy (non-hydrogen) atoms. The molecule has 0 saturated carbocycles. The SMILES string of the molecule is NNC=Nc1nc(CSCCN=CN=S(=O)=O)cs1.O=C(O)C=CC(=O)O. The third kappa shape index (κ3) is 16.6. The van der Waals surface area contributed by atoms with Gasteiger partial charge in [-0.15, -0.1) is 15.7 Å². The Morgan fingerprint density at radius 3 is 2.56 bits per heavy atom. The molecule has 12 nitrogen and oxygen atoms in total. The number of carbonyl (C=O) groups is 2. The first-order valence-corrected chi connectivity index (χ1v) is 9.85. The largest absolute Gasteiger partial charge is 0.478 e. The average molecular weight is 436 g/mol. The number of nitrogens with two attached hydrogens (primary N) is 1. The molecule has 0 atom stereocenters. The van der Waals surface area contributed by atoms with Crippen molar-refractivity contribution >= 4 is 63.3 Å². The Kier molecular flexibility index (Phi) is 14.1. The van der Waals surface area contributed by atoms with Gasteiger partial charge in [0.25, 0.3) is 0 Å². The molecule has 0 radical (unpaired) electrons. The van der Waals surface area contributed by atoms with Crippen LogP contribution in [0.25, 0.3) is 0 Å². The predicted molar refractivity (Wildman–Crippen MR) is 103 cm³/mol. The fourth-order valence-corrected chi connectivity index (χ4v) is 2.73. The van der Waals surface area contributed by atoms with Gasteiger partial charge in [-0.1, -0.05) is 0 Å². The van der Waals surface area contributed by atoms with Crippen LogP contribution >= 0.6 is 23.1 Å². The van der Waals surface area contributed by atoms with Crippen molar-refractivity contribution in [2.24, 2.45) is 20.2 Å². The molecule has 0 aliphatic heterocycles. The lowest BCUT2D eigenvalue weighted by Gasteiger charge is -1.94. The molecule has 15 heteroatoms. The fourth-order valence-electron chi connectivity index (χ4n) is 1.08. The molecule has 0 spiro atoms. The minimum absolute atomic E-state index is 0.512. The highest BCUT2D eigenvalue weighted by atomic mass is 32.2. The second-order valence-corrected chi connectivity index (χ2v) is 6.54. The molecular weight excluding hydrogens is 420 g/mol. The minimum atomic E-state index is -2.42. The van der Waals surface area contributed by atoms with E-state index in [-0.39, 0.29) is 0 Å². The number of nitrogens with zero attached hydrogens (tertiary/aromatic N) is 4. The monoisotopic (exact) mass is 436 g/mol. The summed E-state index contributed by atoms with van der Waals surface area (Å²) in [5.74, 6) is 4.05. The molecule has 5 N–H and O–H groups in total. The number of aromatic nitrogens is 1. The molecule has 0 fully saturated rings. The highest BCUT2D eigenvalue weighted by Gasteiger charge is 2.00. The van der Waals surface area contributed by atoms with Crippen molar-refractivity contribution < 1.29 is 28.2 Å². The Labute approximate surface area is 163 Å². The van der Waals surface area contributed by atoms with Crippen molar-refractivity contribution in [3.63, 3.8) is 0 Å². The Morgan fingerprint density at radius 1 is 1.33 bits per heavy atom. The predicted octanol–water partition coefficient (Wildman–Crippen LogP) is 0.302. The van der Waals surface area contributed by atoms with Crippen molar-refractivity contribution in [2.45, 2.75) is 5.75 Å². The normalized spacial score (nSPS) is 10.7. The summed E-state index contributed by atoms with van der Waals surface area (Å²) in [6.45, 7) is 0.512.